The van der Waals surface area contributed by atoms with Crippen molar-refractivity contribution >= 4 is 23.2 Å². The second-order valence-corrected chi connectivity index (χ2v) is 6.61. The number of benzene rings is 1. The largest absolute Gasteiger partial charge is 0.354 e. The number of carbonyl (C=O) groups is 2. The van der Waals surface area contributed by atoms with Crippen LogP contribution in [0.2, 0.25) is 0 Å². The summed E-state index contributed by atoms with van der Waals surface area (Å²) in [5.74, 6) is -0.0657. The van der Waals surface area contributed by atoms with E-state index in [1.54, 1.807) is 4.90 Å². The highest BCUT2D eigenvalue weighted by Crippen LogP contribution is 2.22. The number of likely N-dealkylation sites (tertiary alicyclic amines) is 1. The highest BCUT2D eigenvalue weighted by molar-refractivity contribution is 7.12. The van der Waals surface area contributed by atoms with Gasteiger partial charge in [0.25, 0.3) is 5.91 Å². The molecule has 1 aliphatic rings. The number of hydrogen-bond donors (Lipinski definition) is 1. The number of rotatable bonds is 5. The summed E-state index contributed by atoms with van der Waals surface area (Å²) in [6.07, 6.45) is 2.43. The summed E-state index contributed by atoms with van der Waals surface area (Å²) in [6, 6.07) is 13.4. The van der Waals surface area contributed by atoms with Crippen LogP contribution in [0, 0.1) is 0 Å². The standard InChI is InChI=1S/C18H20N2O2S/c21-17(19-11-10-14-6-2-1-3-7-14)15-8-4-12-20(15)18(22)16-9-5-13-23-16/h1-3,5-7,9,13,15H,4,8,10-12H2,(H,19,21). The molecule has 1 fully saturated rings. The molecule has 1 atom stereocenters. The van der Waals surface area contributed by atoms with Gasteiger partial charge in [-0.2, -0.15) is 0 Å². The molecule has 0 spiro atoms. The maximum atomic E-state index is 12.5. The van der Waals surface area contributed by atoms with E-state index in [4.69, 9.17) is 0 Å². The predicted molar refractivity (Wildman–Crippen MR) is 91.5 cm³/mol. The Hall–Kier alpha value is -2.14. The molecule has 0 aliphatic carbocycles. The Morgan fingerprint density at radius 3 is 2.74 bits per heavy atom. The number of thiophene rings is 1. The van der Waals surface area contributed by atoms with Crippen LogP contribution in [0.4, 0.5) is 0 Å². The Morgan fingerprint density at radius 2 is 2.00 bits per heavy atom. The highest BCUT2D eigenvalue weighted by atomic mass is 32.1. The van der Waals surface area contributed by atoms with Gasteiger partial charge >= 0.3 is 0 Å². The first-order valence-corrected chi connectivity index (χ1v) is 8.80. The molecule has 3 rings (SSSR count). The molecule has 0 bridgehead atoms. The molecule has 1 aromatic carbocycles. The minimum Gasteiger partial charge on any atom is -0.354 e. The van der Waals surface area contributed by atoms with Gasteiger partial charge in [-0.3, -0.25) is 9.59 Å². The molecule has 2 aromatic rings. The number of nitrogens with one attached hydrogen (secondary N) is 1. The van der Waals surface area contributed by atoms with E-state index in [1.165, 1.54) is 16.9 Å². The third kappa shape index (κ3) is 3.79. The van der Waals surface area contributed by atoms with Crippen molar-refractivity contribution in [3.8, 4) is 0 Å². The fourth-order valence-corrected chi connectivity index (χ4v) is 3.60. The van der Waals surface area contributed by atoms with Gasteiger partial charge in [-0.15, -0.1) is 11.3 Å². The van der Waals surface area contributed by atoms with Crippen LogP contribution in [-0.2, 0) is 11.2 Å². The van der Waals surface area contributed by atoms with E-state index in [1.807, 2.05) is 47.8 Å². The molecular formula is C18H20N2O2S. The molecule has 4 nitrogen and oxygen atoms in total. The van der Waals surface area contributed by atoms with Crippen LogP contribution in [0.25, 0.3) is 0 Å². The van der Waals surface area contributed by atoms with E-state index in [0.717, 1.165) is 19.3 Å². The Labute approximate surface area is 140 Å². The van der Waals surface area contributed by atoms with Gasteiger partial charge in [0.2, 0.25) is 5.91 Å². The summed E-state index contributed by atoms with van der Waals surface area (Å²) in [5, 5.41) is 4.86. The number of carbonyl (C=O) groups excluding carboxylic acids is 2. The molecule has 1 aromatic heterocycles. The Kier molecular flexibility index (Phi) is 5.08. The van der Waals surface area contributed by atoms with Crippen molar-refractivity contribution < 1.29 is 9.59 Å². The van der Waals surface area contributed by atoms with Gasteiger partial charge in [0.15, 0.2) is 0 Å². The summed E-state index contributed by atoms with van der Waals surface area (Å²) in [4.78, 5) is 27.3. The van der Waals surface area contributed by atoms with Crippen LogP contribution in [-0.4, -0.2) is 35.8 Å². The fraction of sp³-hybridized carbons (Fsp3) is 0.333. The van der Waals surface area contributed by atoms with Crippen LogP contribution < -0.4 is 5.32 Å². The third-order valence-corrected chi connectivity index (χ3v) is 4.96. The van der Waals surface area contributed by atoms with Crippen LogP contribution in [0.5, 0.6) is 0 Å². The quantitative estimate of drug-likeness (QED) is 0.917. The smallest absolute Gasteiger partial charge is 0.264 e. The first-order chi connectivity index (χ1) is 11.3. The minimum absolute atomic E-state index is 0.0271. The zero-order valence-electron chi connectivity index (χ0n) is 12.9. The van der Waals surface area contributed by atoms with E-state index in [2.05, 4.69) is 5.32 Å². The predicted octanol–water partition coefficient (Wildman–Crippen LogP) is 2.71. The molecule has 120 valence electrons. The number of nitrogens with zero attached hydrogens (tertiary/aromatic N) is 1. The van der Waals surface area contributed by atoms with Gasteiger partial charge in [0, 0.05) is 13.1 Å². The summed E-state index contributed by atoms with van der Waals surface area (Å²) >= 11 is 1.42. The average Bonchev–Trinajstić information content (AvgIpc) is 3.27. The number of hydrogen-bond acceptors (Lipinski definition) is 3. The van der Waals surface area contributed by atoms with Crippen molar-refractivity contribution in [3.05, 3.63) is 58.3 Å². The summed E-state index contributed by atoms with van der Waals surface area (Å²) in [5.41, 5.74) is 1.20. The van der Waals surface area contributed by atoms with E-state index < -0.39 is 0 Å². The van der Waals surface area contributed by atoms with Gasteiger partial charge in [-0.05, 0) is 36.3 Å². The highest BCUT2D eigenvalue weighted by Gasteiger charge is 2.34. The molecule has 1 unspecified atom stereocenters. The second-order valence-electron chi connectivity index (χ2n) is 5.66. The summed E-state index contributed by atoms with van der Waals surface area (Å²) in [6.45, 7) is 1.26. The van der Waals surface area contributed by atoms with Crippen LogP contribution in [0.3, 0.4) is 0 Å². The summed E-state index contributed by atoms with van der Waals surface area (Å²) < 4.78 is 0. The van der Waals surface area contributed by atoms with E-state index in [9.17, 15) is 9.59 Å². The van der Waals surface area contributed by atoms with Crippen molar-refractivity contribution in [1.29, 1.82) is 0 Å². The van der Waals surface area contributed by atoms with E-state index >= 15 is 0 Å². The van der Waals surface area contributed by atoms with Gasteiger partial charge < -0.3 is 10.2 Å². The number of amides is 2. The fourth-order valence-electron chi connectivity index (χ4n) is 2.92. The van der Waals surface area contributed by atoms with Gasteiger partial charge in [-0.25, -0.2) is 0 Å². The molecule has 1 aliphatic heterocycles. The third-order valence-electron chi connectivity index (χ3n) is 4.10. The van der Waals surface area contributed by atoms with Crippen LogP contribution >= 0.6 is 11.3 Å². The van der Waals surface area contributed by atoms with E-state index in [0.29, 0.717) is 18.0 Å². The van der Waals surface area contributed by atoms with Crippen molar-refractivity contribution in [2.24, 2.45) is 0 Å². The van der Waals surface area contributed by atoms with Crippen molar-refractivity contribution in [2.75, 3.05) is 13.1 Å². The molecule has 2 amide bonds. The zero-order valence-corrected chi connectivity index (χ0v) is 13.7. The first-order valence-electron chi connectivity index (χ1n) is 7.92. The Balaban J connectivity index is 1.55. The van der Waals surface area contributed by atoms with Crippen molar-refractivity contribution in [2.45, 2.75) is 25.3 Å². The molecule has 5 heteroatoms. The van der Waals surface area contributed by atoms with E-state index in [-0.39, 0.29) is 17.9 Å². The average molecular weight is 328 g/mol. The minimum atomic E-state index is -0.333. The lowest BCUT2D eigenvalue weighted by atomic mass is 10.1. The van der Waals surface area contributed by atoms with Gasteiger partial charge in [0.1, 0.15) is 6.04 Å². The molecular weight excluding hydrogens is 308 g/mol. The van der Waals surface area contributed by atoms with Gasteiger partial charge in [-0.1, -0.05) is 36.4 Å². The molecule has 23 heavy (non-hydrogen) atoms. The second kappa shape index (κ2) is 7.42. The Morgan fingerprint density at radius 1 is 1.17 bits per heavy atom. The zero-order chi connectivity index (χ0) is 16.1. The maximum Gasteiger partial charge on any atom is 0.264 e. The molecule has 1 N–H and O–H groups in total. The van der Waals surface area contributed by atoms with Gasteiger partial charge in [0.05, 0.1) is 4.88 Å². The normalized spacial score (nSPS) is 17.2. The topological polar surface area (TPSA) is 49.4 Å². The van der Waals surface area contributed by atoms with Crippen LogP contribution in [0.1, 0.15) is 28.1 Å². The molecule has 0 radical (unpaired) electrons. The Bertz CT molecular complexity index is 655. The summed E-state index contributed by atoms with van der Waals surface area (Å²) in [7, 11) is 0. The molecule has 0 saturated carbocycles. The lowest BCUT2D eigenvalue weighted by Crippen LogP contribution is -2.46. The molecule has 1 saturated heterocycles. The van der Waals surface area contributed by atoms with Crippen LogP contribution in [0.15, 0.2) is 47.8 Å². The van der Waals surface area contributed by atoms with Crippen molar-refractivity contribution in [3.63, 3.8) is 0 Å². The SMILES string of the molecule is O=C(NCCc1ccccc1)C1CCCN1C(=O)c1cccs1. The van der Waals surface area contributed by atoms with Crippen molar-refractivity contribution in [1.82, 2.24) is 10.2 Å². The molecule has 2 heterocycles. The lowest BCUT2D eigenvalue weighted by molar-refractivity contribution is -0.124. The monoisotopic (exact) mass is 328 g/mol. The maximum absolute atomic E-state index is 12.5. The first kappa shape index (κ1) is 15.7. The lowest BCUT2D eigenvalue weighted by Gasteiger charge is -2.23.